The zero-order valence-corrected chi connectivity index (χ0v) is 33.3. The van der Waals surface area contributed by atoms with Crippen molar-refractivity contribution in [3.63, 3.8) is 0 Å². The summed E-state index contributed by atoms with van der Waals surface area (Å²) >= 11 is 0. The van der Waals surface area contributed by atoms with Crippen molar-refractivity contribution in [1.29, 1.82) is 0 Å². The standard InChI is InChI=1S/C50H36N3O2.Pt/c1-50(2,3)36-23-24-41(39(30-36)31-13-5-4-6-14-31)53-42-21-12-20-37(48(42)52-49(53)38-19-9-10-22-43(38)54)34-17-11-18-35(27-34)47-46-40-28-32-15-7-8-16-33(32)29-45(40)55-44(46)25-26-51-47;/h4-26,28-30,54H,1-3H3;/q-1;. The molecule has 3 aromatic heterocycles. The number of fused-ring (bicyclic) bond motifs is 5. The molecule has 0 aliphatic carbocycles. The molecule has 6 heteroatoms. The summed E-state index contributed by atoms with van der Waals surface area (Å²) in [5.41, 5.74) is 11.8. The van der Waals surface area contributed by atoms with Crippen LogP contribution in [0, 0.1) is 6.07 Å². The zero-order valence-electron chi connectivity index (χ0n) is 31.0. The molecule has 10 aromatic rings. The van der Waals surface area contributed by atoms with Crippen molar-refractivity contribution in [3.05, 3.63) is 169 Å². The Labute approximate surface area is 339 Å². The number of furan rings is 1. The number of hydrogen-bond donors (Lipinski definition) is 1. The van der Waals surface area contributed by atoms with Crippen LogP contribution in [0.2, 0.25) is 0 Å². The summed E-state index contributed by atoms with van der Waals surface area (Å²) in [6, 6.07) is 55.4. The Hall–Kier alpha value is -6.29. The van der Waals surface area contributed by atoms with Crippen molar-refractivity contribution in [2.24, 2.45) is 0 Å². The molecule has 0 aliphatic heterocycles. The van der Waals surface area contributed by atoms with Gasteiger partial charge >= 0.3 is 0 Å². The van der Waals surface area contributed by atoms with Crippen molar-refractivity contribution in [1.82, 2.24) is 14.5 Å². The van der Waals surface area contributed by atoms with Gasteiger partial charge in [-0.15, -0.1) is 29.8 Å². The minimum atomic E-state index is -0.0522. The Morgan fingerprint density at radius 2 is 1.36 bits per heavy atom. The van der Waals surface area contributed by atoms with E-state index in [1.807, 2.05) is 36.4 Å². The number of pyridine rings is 1. The van der Waals surface area contributed by atoms with Crippen LogP contribution in [0.5, 0.6) is 5.75 Å². The van der Waals surface area contributed by atoms with Crippen LogP contribution in [0.25, 0.3) is 94.3 Å². The van der Waals surface area contributed by atoms with Gasteiger partial charge in [-0.05, 0) is 75.8 Å². The van der Waals surface area contributed by atoms with Crippen LogP contribution >= 0.6 is 0 Å². The minimum Gasteiger partial charge on any atom is -0.507 e. The summed E-state index contributed by atoms with van der Waals surface area (Å²) in [7, 11) is 0. The molecule has 0 spiro atoms. The zero-order chi connectivity index (χ0) is 37.3. The predicted octanol–water partition coefficient (Wildman–Crippen LogP) is 12.9. The third kappa shape index (κ3) is 5.91. The van der Waals surface area contributed by atoms with Crippen LogP contribution in [0.15, 0.2) is 162 Å². The Morgan fingerprint density at radius 1 is 0.643 bits per heavy atom. The van der Waals surface area contributed by atoms with E-state index in [-0.39, 0.29) is 32.2 Å². The third-order valence-corrected chi connectivity index (χ3v) is 10.6. The van der Waals surface area contributed by atoms with Crippen LogP contribution in [0.4, 0.5) is 0 Å². The monoisotopic (exact) mass is 905 g/mol. The molecule has 5 nitrogen and oxygen atoms in total. The first kappa shape index (κ1) is 35.4. The van der Waals surface area contributed by atoms with Gasteiger partial charge in [-0.25, -0.2) is 4.98 Å². The molecule has 0 atom stereocenters. The Kier molecular flexibility index (Phi) is 8.71. The van der Waals surface area contributed by atoms with Crippen molar-refractivity contribution in [2.75, 3.05) is 0 Å². The molecule has 274 valence electrons. The van der Waals surface area contributed by atoms with Gasteiger partial charge < -0.3 is 9.52 Å². The van der Waals surface area contributed by atoms with E-state index in [0.29, 0.717) is 11.4 Å². The van der Waals surface area contributed by atoms with Gasteiger partial charge in [-0.1, -0.05) is 117 Å². The third-order valence-electron chi connectivity index (χ3n) is 10.6. The number of phenols is 1. The van der Waals surface area contributed by atoms with E-state index in [0.717, 1.165) is 82.9 Å². The fourth-order valence-corrected chi connectivity index (χ4v) is 7.83. The van der Waals surface area contributed by atoms with Gasteiger partial charge in [-0.2, -0.15) is 0 Å². The van der Waals surface area contributed by atoms with Crippen LogP contribution in [0.3, 0.4) is 0 Å². The van der Waals surface area contributed by atoms with E-state index < -0.39 is 0 Å². The molecule has 0 fully saturated rings. The Morgan fingerprint density at radius 3 is 2.16 bits per heavy atom. The molecular weight excluding hydrogens is 870 g/mol. The molecule has 56 heavy (non-hydrogen) atoms. The number of aromatic hydroxyl groups is 1. The second kappa shape index (κ2) is 13.8. The van der Waals surface area contributed by atoms with Gasteiger partial charge in [0.25, 0.3) is 0 Å². The topological polar surface area (TPSA) is 64.1 Å². The number of imidazole rings is 1. The Balaban J connectivity index is 0.00000410. The molecule has 7 aromatic carbocycles. The van der Waals surface area contributed by atoms with Crippen molar-refractivity contribution in [2.45, 2.75) is 26.2 Å². The number of aromatic nitrogens is 3. The van der Waals surface area contributed by atoms with E-state index in [4.69, 9.17) is 14.4 Å². The Bertz CT molecular complexity index is 3100. The van der Waals surface area contributed by atoms with Crippen LogP contribution in [-0.4, -0.2) is 19.6 Å². The van der Waals surface area contributed by atoms with E-state index in [2.05, 4.69) is 141 Å². The van der Waals surface area contributed by atoms with Gasteiger partial charge in [0, 0.05) is 49.3 Å². The largest absolute Gasteiger partial charge is 0.507 e. The number of hydrogen-bond acceptors (Lipinski definition) is 4. The van der Waals surface area contributed by atoms with Gasteiger partial charge in [-0.3, -0.25) is 9.55 Å². The number of phenolic OH excluding ortho intramolecular Hbond substituents is 1. The van der Waals surface area contributed by atoms with Gasteiger partial charge in [0.2, 0.25) is 0 Å². The summed E-state index contributed by atoms with van der Waals surface area (Å²) in [5, 5.41) is 15.5. The molecule has 1 N–H and O–H groups in total. The summed E-state index contributed by atoms with van der Waals surface area (Å²) in [4.78, 5) is 10.3. The predicted molar refractivity (Wildman–Crippen MR) is 225 cm³/mol. The molecule has 0 bridgehead atoms. The number of benzene rings is 7. The fourth-order valence-electron chi connectivity index (χ4n) is 7.83. The minimum absolute atomic E-state index is 0. The molecule has 3 heterocycles. The van der Waals surface area contributed by atoms with Gasteiger partial charge in [0.05, 0.1) is 22.3 Å². The smallest absolute Gasteiger partial charge is 0.148 e. The quantitative estimate of drug-likeness (QED) is 0.175. The molecule has 0 amide bonds. The van der Waals surface area contributed by atoms with Gasteiger partial charge in [0.15, 0.2) is 0 Å². The van der Waals surface area contributed by atoms with E-state index in [1.165, 1.54) is 5.56 Å². The number of para-hydroxylation sites is 2. The summed E-state index contributed by atoms with van der Waals surface area (Å²) in [6.07, 6.45) is 1.80. The van der Waals surface area contributed by atoms with E-state index in [1.54, 1.807) is 12.3 Å². The SMILES string of the molecule is CC(C)(C)c1ccc(-n2c(-c3ccccc3O)nc3c(-c4[c-]c(-c5nccc6oc7cc8ccccc8cc7c56)ccc4)cccc32)c(-c2ccccc2)c1.[Pt]. The van der Waals surface area contributed by atoms with Gasteiger partial charge in [0.1, 0.15) is 22.7 Å². The maximum atomic E-state index is 11.3. The molecular formula is C50H36N3O2Pt-. The van der Waals surface area contributed by atoms with Crippen LogP contribution in [-0.2, 0) is 26.5 Å². The molecule has 10 rings (SSSR count). The average molecular weight is 906 g/mol. The maximum Gasteiger partial charge on any atom is 0.148 e. The summed E-state index contributed by atoms with van der Waals surface area (Å²) in [5.74, 6) is 0.821. The average Bonchev–Trinajstić information content (AvgIpc) is 3.78. The number of nitrogens with zero attached hydrogens (tertiary/aromatic N) is 3. The molecule has 0 unspecified atom stereocenters. The first-order valence-corrected chi connectivity index (χ1v) is 18.5. The second-order valence-electron chi connectivity index (χ2n) is 15.1. The molecule has 0 saturated carbocycles. The number of rotatable bonds is 5. The van der Waals surface area contributed by atoms with Crippen molar-refractivity contribution in [3.8, 4) is 56.3 Å². The second-order valence-corrected chi connectivity index (χ2v) is 15.1. The first-order valence-electron chi connectivity index (χ1n) is 18.5. The van der Waals surface area contributed by atoms with E-state index >= 15 is 0 Å². The fraction of sp³-hybridized carbons (Fsp3) is 0.0800. The normalized spacial score (nSPS) is 11.8. The van der Waals surface area contributed by atoms with Crippen molar-refractivity contribution < 1.29 is 30.6 Å². The maximum absolute atomic E-state index is 11.3. The van der Waals surface area contributed by atoms with Crippen molar-refractivity contribution >= 4 is 43.7 Å². The van der Waals surface area contributed by atoms with E-state index in [9.17, 15) is 5.11 Å². The van der Waals surface area contributed by atoms with Crippen LogP contribution in [0.1, 0.15) is 26.3 Å². The first-order chi connectivity index (χ1) is 26.8. The molecule has 0 radical (unpaired) electrons. The summed E-state index contributed by atoms with van der Waals surface area (Å²) < 4.78 is 8.58. The van der Waals surface area contributed by atoms with Crippen LogP contribution < -0.4 is 0 Å². The summed E-state index contributed by atoms with van der Waals surface area (Å²) in [6.45, 7) is 6.71. The molecule has 0 saturated heterocycles. The molecule has 0 aliphatic rings.